The summed E-state index contributed by atoms with van der Waals surface area (Å²) in [6.07, 6.45) is 2.01. The first kappa shape index (κ1) is 19.8. The lowest BCUT2D eigenvalue weighted by atomic mass is 9.46. The van der Waals surface area contributed by atoms with E-state index in [-0.39, 0.29) is 36.2 Å². The van der Waals surface area contributed by atoms with Gasteiger partial charge in [-0.1, -0.05) is 19.9 Å². The second kappa shape index (κ2) is 7.58. The van der Waals surface area contributed by atoms with Gasteiger partial charge in [0, 0.05) is 16.7 Å². The molecule has 0 aromatic carbocycles. The minimum Gasteiger partial charge on any atom is -0.396 e. The fraction of sp³-hybridized carbons (Fsp3) is 0.750. The molecular formula is C20H31NO4S. The Kier molecular flexibility index (Phi) is 5.78. The number of nitrogens with one attached hydrogen (secondary N) is 1. The van der Waals surface area contributed by atoms with Crippen molar-refractivity contribution in [3.05, 3.63) is 22.4 Å². The van der Waals surface area contributed by atoms with E-state index in [1.807, 2.05) is 24.4 Å². The van der Waals surface area contributed by atoms with Crippen molar-refractivity contribution < 1.29 is 20.1 Å². The van der Waals surface area contributed by atoms with E-state index in [0.29, 0.717) is 19.4 Å². The number of hydrogen-bond acceptors (Lipinski definition) is 5. The lowest BCUT2D eigenvalue weighted by Gasteiger charge is -2.60. The van der Waals surface area contributed by atoms with Crippen LogP contribution in [-0.2, 0) is 11.3 Å². The fourth-order valence-corrected chi connectivity index (χ4v) is 6.12. The molecule has 6 atom stereocenters. The second-order valence-electron chi connectivity index (χ2n) is 8.59. The first-order valence-electron chi connectivity index (χ1n) is 9.57. The maximum Gasteiger partial charge on any atom is 0.220 e. The van der Waals surface area contributed by atoms with Gasteiger partial charge in [0.2, 0.25) is 5.91 Å². The number of rotatable bonds is 5. The van der Waals surface area contributed by atoms with E-state index < -0.39 is 17.6 Å². The van der Waals surface area contributed by atoms with Gasteiger partial charge in [0.05, 0.1) is 25.4 Å². The van der Waals surface area contributed by atoms with Crippen molar-refractivity contribution in [2.45, 2.75) is 64.7 Å². The quantitative estimate of drug-likeness (QED) is 0.630. The van der Waals surface area contributed by atoms with Gasteiger partial charge in [-0.25, -0.2) is 0 Å². The Morgan fingerprint density at radius 3 is 2.73 bits per heavy atom. The SMILES string of the molecule is C[C@]1(CO)C2CC[C@@H](O)[C@@H](CC(=O)NCc3cccs3)[C@]2(C)CC[C@H]1O. The fourth-order valence-electron chi connectivity index (χ4n) is 5.47. The summed E-state index contributed by atoms with van der Waals surface area (Å²) in [6.45, 7) is 4.54. The molecule has 26 heavy (non-hydrogen) atoms. The summed E-state index contributed by atoms with van der Waals surface area (Å²) in [4.78, 5) is 13.7. The van der Waals surface area contributed by atoms with Crippen molar-refractivity contribution in [2.75, 3.05) is 6.61 Å². The number of carbonyl (C=O) groups excluding carboxylic acids is 1. The minimum absolute atomic E-state index is 0.0406. The highest BCUT2D eigenvalue weighted by atomic mass is 32.1. The van der Waals surface area contributed by atoms with Crippen LogP contribution in [0.25, 0.3) is 0 Å². The molecule has 0 aliphatic heterocycles. The molecule has 2 fully saturated rings. The van der Waals surface area contributed by atoms with Gasteiger partial charge < -0.3 is 20.6 Å². The molecule has 0 radical (unpaired) electrons. The highest BCUT2D eigenvalue weighted by molar-refractivity contribution is 7.09. The molecule has 0 saturated heterocycles. The number of amides is 1. The van der Waals surface area contributed by atoms with Crippen LogP contribution in [0.15, 0.2) is 17.5 Å². The lowest BCUT2D eigenvalue weighted by molar-refractivity contribution is -0.185. The number of thiophene rings is 1. The second-order valence-corrected chi connectivity index (χ2v) is 9.62. The summed E-state index contributed by atoms with van der Waals surface area (Å²) in [7, 11) is 0. The topological polar surface area (TPSA) is 89.8 Å². The molecule has 1 amide bonds. The average Bonchev–Trinajstić information content (AvgIpc) is 3.13. The number of aliphatic hydroxyl groups excluding tert-OH is 3. The van der Waals surface area contributed by atoms with Crippen LogP contribution in [0.4, 0.5) is 0 Å². The van der Waals surface area contributed by atoms with E-state index in [0.717, 1.165) is 17.7 Å². The minimum atomic E-state index is -0.571. The van der Waals surface area contributed by atoms with Crippen LogP contribution in [-0.4, -0.2) is 40.0 Å². The molecule has 5 nitrogen and oxygen atoms in total. The van der Waals surface area contributed by atoms with Crippen molar-refractivity contribution in [1.82, 2.24) is 5.32 Å². The summed E-state index contributed by atoms with van der Waals surface area (Å²) in [5, 5.41) is 36.1. The predicted molar refractivity (Wildman–Crippen MR) is 102 cm³/mol. The maximum absolute atomic E-state index is 12.5. The Bertz CT molecular complexity index is 621. The molecule has 4 N–H and O–H groups in total. The van der Waals surface area contributed by atoms with Gasteiger partial charge in [-0.15, -0.1) is 11.3 Å². The molecule has 0 spiro atoms. The Balaban J connectivity index is 1.73. The van der Waals surface area contributed by atoms with E-state index in [9.17, 15) is 20.1 Å². The highest BCUT2D eigenvalue weighted by Gasteiger charge is 2.58. The maximum atomic E-state index is 12.5. The van der Waals surface area contributed by atoms with Crippen LogP contribution in [0.1, 0.15) is 50.8 Å². The van der Waals surface area contributed by atoms with Crippen LogP contribution in [0.3, 0.4) is 0 Å². The smallest absolute Gasteiger partial charge is 0.220 e. The Morgan fingerprint density at radius 1 is 1.31 bits per heavy atom. The number of aliphatic hydroxyl groups is 3. The third-order valence-corrected chi connectivity index (χ3v) is 8.03. The largest absolute Gasteiger partial charge is 0.396 e. The van der Waals surface area contributed by atoms with Crippen molar-refractivity contribution in [3.8, 4) is 0 Å². The Labute approximate surface area is 159 Å². The number of hydrogen-bond donors (Lipinski definition) is 4. The normalized spacial score (nSPS) is 40.0. The lowest BCUT2D eigenvalue weighted by Crippen LogP contribution is -2.60. The summed E-state index contributed by atoms with van der Waals surface area (Å²) in [5.41, 5.74) is -0.826. The monoisotopic (exact) mass is 381 g/mol. The van der Waals surface area contributed by atoms with E-state index >= 15 is 0 Å². The summed E-state index contributed by atoms with van der Waals surface area (Å²) in [5.74, 6) is -0.0913. The van der Waals surface area contributed by atoms with E-state index in [4.69, 9.17) is 0 Å². The Hall–Kier alpha value is -0.950. The molecule has 2 saturated carbocycles. The molecule has 146 valence electrons. The van der Waals surface area contributed by atoms with Gasteiger partial charge in [-0.2, -0.15) is 0 Å². The standard InChI is InChI=1S/C20H31NO4S/c1-19-8-7-17(24)20(2,12-22)16(19)6-5-15(23)14(19)10-18(25)21-11-13-4-3-9-26-13/h3-4,9,14-17,22-24H,5-8,10-12H2,1-2H3,(H,21,25)/t14-,15-,16?,17-,19+,20+/m1/s1. The molecule has 3 rings (SSSR count). The summed E-state index contributed by atoms with van der Waals surface area (Å²) >= 11 is 1.61. The zero-order valence-electron chi connectivity index (χ0n) is 15.6. The number of carbonyl (C=O) groups is 1. The van der Waals surface area contributed by atoms with E-state index in [2.05, 4.69) is 12.2 Å². The van der Waals surface area contributed by atoms with Crippen LogP contribution in [0, 0.1) is 22.7 Å². The van der Waals surface area contributed by atoms with Crippen LogP contribution >= 0.6 is 11.3 Å². The zero-order valence-corrected chi connectivity index (χ0v) is 16.5. The molecule has 1 aromatic heterocycles. The van der Waals surface area contributed by atoms with Gasteiger partial charge in [0.15, 0.2) is 0 Å². The Morgan fingerprint density at radius 2 is 2.08 bits per heavy atom. The van der Waals surface area contributed by atoms with Gasteiger partial charge >= 0.3 is 0 Å². The van der Waals surface area contributed by atoms with Crippen molar-refractivity contribution in [3.63, 3.8) is 0 Å². The van der Waals surface area contributed by atoms with Crippen LogP contribution < -0.4 is 5.32 Å². The van der Waals surface area contributed by atoms with Gasteiger partial charge in [-0.3, -0.25) is 4.79 Å². The van der Waals surface area contributed by atoms with E-state index in [1.165, 1.54) is 0 Å². The summed E-state index contributed by atoms with van der Waals surface area (Å²) in [6, 6.07) is 3.96. The van der Waals surface area contributed by atoms with Gasteiger partial charge in [-0.05, 0) is 54.4 Å². The molecule has 0 bridgehead atoms. The van der Waals surface area contributed by atoms with Gasteiger partial charge in [0.1, 0.15) is 0 Å². The van der Waals surface area contributed by atoms with E-state index in [1.54, 1.807) is 11.3 Å². The molecule has 1 unspecified atom stereocenters. The highest BCUT2D eigenvalue weighted by Crippen LogP contribution is 2.60. The number of fused-ring (bicyclic) bond motifs is 1. The molecular weight excluding hydrogens is 350 g/mol. The summed E-state index contributed by atoms with van der Waals surface area (Å²) < 4.78 is 0. The van der Waals surface area contributed by atoms with Gasteiger partial charge in [0.25, 0.3) is 0 Å². The molecule has 2 aliphatic rings. The third kappa shape index (κ3) is 3.44. The average molecular weight is 382 g/mol. The first-order chi connectivity index (χ1) is 12.3. The molecule has 1 heterocycles. The first-order valence-corrected chi connectivity index (χ1v) is 10.5. The van der Waals surface area contributed by atoms with Crippen LogP contribution in [0.2, 0.25) is 0 Å². The van der Waals surface area contributed by atoms with Crippen LogP contribution in [0.5, 0.6) is 0 Å². The van der Waals surface area contributed by atoms with Crippen molar-refractivity contribution >= 4 is 17.2 Å². The van der Waals surface area contributed by atoms with Crippen molar-refractivity contribution in [1.29, 1.82) is 0 Å². The molecule has 1 aromatic rings. The van der Waals surface area contributed by atoms with Crippen molar-refractivity contribution in [2.24, 2.45) is 22.7 Å². The zero-order chi connectivity index (χ0) is 18.9. The predicted octanol–water partition coefficient (Wildman–Crippen LogP) is 2.30. The molecule has 6 heteroatoms. The third-order valence-electron chi connectivity index (χ3n) is 7.16. The molecule has 2 aliphatic carbocycles.